The van der Waals surface area contributed by atoms with Crippen molar-refractivity contribution in [2.24, 2.45) is 7.05 Å². The van der Waals surface area contributed by atoms with Crippen molar-refractivity contribution in [2.75, 3.05) is 20.3 Å². The van der Waals surface area contributed by atoms with Gasteiger partial charge >= 0.3 is 0 Å². The van der Waals surface area contributed by atoms with Crippen LogP contribution in [0, 0.1) is 0 Å². The van der Waals surface area contributed by atoms with Crippen LogP contribution in [0.5, 0.6) is 11.5 Å². The molecule has 0 aliphatic carbocycles. The molecular formula is C20H20N2O4. The number of ketones is 1. The summed E-state index contributed by atoms with van der Waals surface area (Å²) in [5.41, 5.74) is 1.54. The predicted molar refractivity (Wildman–Crippen MR) is 98.7 cm³/mol. The Morgan fingerprint density at radius 1 is 1.08 bits per heavy atom. The summed E-state index contributed by atoms with van der Waals surface area (Å²) in [6.07, 6.45) is 1.94. The minimum atomic E-state index is -0.347. The summed E-state index contributed by atoms with van der Waals surface area (Å²) >= 11 is 0. The molecule has 0 spiro atoms. The summed E-state index contributed by atoms with van der Waals surface area (Å²) in [6, 6.07) is 14.4. The van der Waals surface area contributed by atoms with Crippen molar-refractivity contribution >= 4 is 22.6 Å². The van der Waals surface area contributed by atoms with Crippen molar-refractivity contribution in [1.29, 1.82) is 0 Å². The average Bonchev–Trinajstić information content (AvgIpc) is 3.06. The third kappa shape index (κ3) is 3.85. The molecule has 0 fully saturated rings. The van der Waals surface area contributed by atoms with Gasteiger partial charge in [0.05, 0.1) is 19.2 Å². The molecule has 0 bridgehead atoms. The van der Waals surface area contributed by atoms with Gasteiger partial charge in [-0.3, -0.25) is 9.59 Å². The summed E-state index contributed by atoms with van der Waals surface area (Å²) in [7, 11) is 3.51. The topological polar surface area (TPSA) is 69.6 Å². The molecule has 0 aliphatic heterocycles. The second-order valence-electron chi connectivity index (χ2n) is 5.83. The van der Waals surface area contributed by atoms with Gasteiger partial charge in [0.1, 0.15) is 11.5 Å². The zero-order valence-electron chi connectivity index (χ0n) is 14.7. The smallest absolute Gasteiger partial charge is 0.258 e. The molecule has 6 heteroatoms. The number of hydrogen-bond donors (Lipinski definition) is 1. The summed E-state index contributed by atoms with van der Waals surface area (Å²) in [5, 5.41) is 3.52. The van der Waals surface area contributed by atoms with Crippen LogP contribution in [-0.4, -0.2) is 36.5 Å². The van der Waals surface area contributed by atoms with Crippen LogP contribution in [0.3, 0.4) is 0 Å². The number of carbonyl (C=O) groups is 2. The lowest BCUT2D eigenvalue weighted by atomic mass is 10.1. The zero-order chi connectivity index (χ0) is 18.5. The number of aryl methyl sites for hydroxylation is 1. The Kier molecular flexibility index (Phi) is 5.22. The first kappa shape index (κ1) is 17.5. The van der Waals surface area contributed by atoms with Gasteiger partial charge in [-0.2, -0.15) is 0 Å². The second kappa shape index (κ2) is 7.74. The largest absolute Gasteiger partial charge is 0.497 e. The van der Waals surface area contributed by atoms with E-state index in [0.29, 0.717) is 17.1 Å². The lowest BCUT2D eigenvalue weighted by Gasteiger charge is -2.09. The van der Waals surface area contributed by atoms with Crippen molar-refractivity contribution in [3.63, 3.8) is 0 Å². The summed E-state index contributed by atoms with van der Waals surface area (Å²) in [4.78, 5) is 24.1. The molecule has 3 aromatic rings. The van der Waals surface area contributed by atoms with Gasteiger partial charge in [-0.1, -0.05) is 6.07 Å². The molecule has 1 aromatic heterocycles. The van der Waals surface area contributed by atoms with E-state index in [-0.39, 0.29) is 24.8 Å². The molecule has 1 N–H and O–H groups in total. The normalized spacial score (nSPS) is 10.5. The number of amides is 1. The lowest BCUT2D eigenvalue weighted by molar-refractivity contribution is -0.122. The Morgan fingerprint density at radius 3 is 2.58 bits per heavy atom. The van der Waals surface area contributed by atoms with Crippen molar-refractivity contribution in [2.45, 2.75) is 0 Å². The fraction of sp³-hybridized carbons (Fsp3) is 0.200. The van der Waals surface area contributed by atoms with Crippen molar-refractivity contribution in [3.05, 3.63) is 60.3 Å². The van der Waals surface area contributed by atoms with Gasteiger partial charge in [-0.05, 0) is 42.5 Å². The summed E-state index contributed by atoms with van der Waals surface area (Å²) < 4.78 is 12.6. The Bertz CT molecular complexity index is 929. The fourth-order valence-corrected chi connectivity index (χ4v) is 2.65. The maximum Gasteiger partial charge on any atom is 0.258 e. The number of Topliss-reactive ketones (excluding diaryl/α,β-unsaturated/α-hetero) is 1. The van der Waals surface area contributed by atoms with Gasteiger partial charge < -0.3 is 19.4 Å². The second-order valence-corrected chi connectivity index (χ2v) is 5.83. The maximum absolute atomic E-state index is 12.1. The Balaban J connectivity index is 1.53. The number of aromatic nitrogens is 1. The first-order chi connectivity index (χ1) is 12.6. The van der Waals surface area contributed by atoms with E-state index in [2.05, 4.69) is 5.32 Å². The quantitative estimate of drug-likeness (QED) is 0.664. The number of fused-ring (bicyclic) bond motifs is 1. The van der Waals surface area contributed by atoms with E-state index in [1.165, 1.54) is 0 Å². The van der Waals surface area contributed by atoms with Gasteiger partial charge in [0, 0.05) is 24.2 Å². The van der Waals surface area contributed by atoms with Gasteiger partial charge in [0.25, 0.3) is 5.91 Å². The van der Waals surface area contributed by atoms with Gasteiger partial charge in [-0.25, -0.2) is 0 Å². The van der Waals surface area contributed by atoms with Gasteiger partial charge in [0.15, 0.2) is 12.4 Å². The van der Waals surface area contributed by atoms with Crippen molar-refractivity contribution in [1.82, 2.24) is 9.88 Å². The van der Waals surface area contributed by atoms with E-state index in [1.807, 2.05) is 42.1 Å². The van der Waals surface area contributed by atoms with Crippen LogP contribution in [-0.2, 0) is 11.8 Å². The van der Waals surface area contributed by atoms with E-state index < -0.39 is 0 Å². The fourth-order valence-electron chi connectivity index (χ4n) is 2.65. The first-order valence-electron chi connectivity index (χ1n) is 8.19. The number of benzene rings is 2. The third-order valence-electron chi connectivity index (χ3n) is 4.10. The number of methoxy groups -OCH3 is 1. The highest BCUT2D eigenvalue weighted by Gasteiger charge is 2.10. The molecular weight excluding hydrogens is 332 g/mol. The molecule has 6 nitrogen and oxygen atoms in total. The minimum absolute atomic E-state index is 0.0793. The van der Waals surface area contributed by atoms with Crippen molar-refractivity contribution < 1.29 is 19.1 Å². The number of nitrogens with one attached hydrogen (secondary N) is 1. The SMILES string of the molecule is COc1ccc(C(=O)CNC(=O)COc2cccc3c2ccn3C)cc1. The van der Waals surface area contributed by atoms with E-state index in [0.717, 1.165) is 10.9 Å². The number of ether oxygens (including phenoxy) is 2. The van der Waals surface area contributed by atoms with E-state index in [9.17, 15) is 9.59 Å². The molecule has 0 atom stereocenters. The highest BCUT2D eigenvalue weighted by Crippen LogP contribution is 2.25. The number of rotatable bonds is 7. The van der Waals surface area contributed by atoms with Crippen LogP contribution >= 0.6 is 0 Å². The molecule has 134 valence electrons. The highest BCUT2D eigenvalue weighted by molar-refractivity contribution is 5.99. The molecule has 1 heterocycles. The Labute approximate surface area is 151 Å². The Morgan fingerprint density at radius 2 is 1.85 bits per heavy atom. The standard InChI is InChI=1S/C20H20N2O4/c1-22-11-10-16-17(22)4-3-5-19(16)26-13-20(24)21-12-18(23)14-6-8-15(25-2)9-7-14/h3-11H,12-13H2,1-2H3,(H,21,24). The third-order valence-corrected chi connectivity index (χ3v) is 4.10. The van der Waals surface area contributed by atoms with Crippen LogP contribution in [0.15, 0.2) is 54.7 Å². The van der Waals surface area contributed by atoms with E-state index >= 15 is 0 Å². The molecule has 2 aromatic carbocycles. The van der Waals surface area contributed by atoms with Gasteiger partial charge in [-0.15, -0.1) is 0 Å². The Hall–Kier alpha value is -3.28. The summed E-state index contributed by atoms with van der Waals surface area (Å²) in [6.45, 7) is -0.228. The number of carbonyl (C=O) groups excluding carboxylic acids is 2. The van der Waals surface area contributed by atoms with Crippen molar-refractivity contribution in [3.8, 4) is 11.5 Å². The lowest BCUT2D eigenvalue weighted by Crippen LogP contribution is -2.33. The molecule has 0 aliphatic rings. The molecule has 0 saturated carbocycles. The number of nitrogens with zero attached hydrogens (tertiary/aromatic N) is 1. The van der Waals surface area contributed by atoms with Gasteiger partial charge in [0.2, 0.25) is 0 Å². The van der Waals surface area contributed by atoms with Crippen LogP contribution in [0.4, 0.5) is 0 Å². The molecule has 3 rings (SSSR count). The van der Waals surface area contributed by atoms with Crippen LogP contribution in [0.1, 0.15) is 10.4 Å². The van der Waals surface area contributed by atoms with Crippen LogP contribution in [0.2, 0.25) is 0 Å². The van der Waals surface area contributed by atoms with Crippen LogP contribution in [0.25, 0.3) is 10.9 Å². The summed E-state index contributed by atoms with van der Waals surface area (Å²) in [5.74, 6) is 0.791. The minimum Gasteiger partial charge on any atom is -0.497 e. The van der Waals surface area contributed by atoms with Crippen LogP contribution < -0.4 is 14.8 Å². The van der Waals surface area contributed by atoms with E-state index in [1.54, 1.807) is 31.4 Å². The molecule has 1 amide bonds. The molecule has 0 unspecified atom stereocenters. The average molecular weight is 352 g/mol. The molecule has 0 saturated heterocycles. The molecule has 0 radical (unpaired) electrons. The maximum atomic E-state index is 12.1. The number of hydrogen-bond acceptors (Lipinski definition) is 4. The monoisotopic (exact) mass is 352 g/mol. The first-order valence-corrected chi connectivity index (χ1v) is 8.19. The molecule has 26 heavy (non-hydrogen) atoms. The predicted octanol–water partition coefficient (Wildman–Crippen LogP) is 2.56. The van der Waals surface area contributed by atoms with E-state index in [4.69, 9.17) is 9.47 Å². The zero-order valence-corrected chi connectivity index (χ0v) is 14.7. The highest BCUT2D eigenvalue weighted by atomic mass is 16.5.